The van der Waals surface area contributed by atoms with E-state index in [1.807, 2.05) is 20.8 Å². The SMILES string of the molecule is CC.CCCN1CCN(c2cc(-c3cc(C(F)F)ncc3OC)c(C)cn2)C(=O)C12CC2.NNC(S)C#CC1CC1. The van der Waals surface area contributed by atoms with E-state index in [4.69, 9.17) is 10.6 Å². The monoisotopic (exact) mass is 588 g/mol. The number of carbonyl (C=O) groups excluding carboxylic acids is 1. The van der Waals surface area contributed by atoms with Crippen LogP contribution in [0.1, 0.15) is 70.6 Å². The van der Waals surface area contributed by atoms with Gasteiger partial charge in [-0.05, 0) is 68.8 Å². The number of anilines is 1. The Hall–Kier alpha value is -2.78. The smallest absolute Gasteiger partial charge is 0.280 e. The summed E-state index contributed by atoms with van der Waals surface area (Å²) in [4.78, 5) is 25.6. The second kappa shape index (κ2) is 14.9. The first kappa shape index (κ1) is 32.7. The van der Waals surface area contributed by atoms with Gasteiger partial charge in [-0.15, -0.1) is 12.6 Å². The summed E-state index contributed by atoms with van der Waals surface area (Å²) < 4.78 is 31.8. The molecule has 1 aliphatic heterocycles. The predicted molar refractivity (Wildman–Crippen MR) is 162 cm³/mol. The first-order valence-electron chi connectivity index (χ1n) is 14.3. The number of nitrogens with zero attached hydrogens (tertiary/aromatic N) is 4. The molecule has 3 aliphatic rings. The fraction of sp³-hybridized carbons (Fsp3) is 0.567. The van der Waals surface area contributed by atoms with Gasteiger partial charge in [-0.3, -0.25) is 25.4 Å². The van der Waals surface area contributed by atoms with E-state index in [1.54, 1.807) is 17.2 Å². The highest BCUT2D eigenvalue weighted by Gasteiger charge is 2.58. The van der Waals surface area contributed by atoms with E-state index in [1.165, 1.54) is 32.2 Å². The van der Waals surface area contributed by atoms with Crippen molar-refractivity contribution < 1.29 is 18.3 Å². The minimum Gasteiger partial charge on any atom is -0.494 e. The van der Waals surface area contributed by atoms with E-state index in [9.17, 15) is 13.6 Å². The van der Waals surface area contributed by atoms with Crippen molar-refractivity contribution in [3.8, 4) is 28.7 Å². The number of ether oxygens (including phenoxy) is 1. The molecule has 0 radical (unpaired) electrons. The lowest BCUT2D eigenvalue weighted by Gasteiger charge is -2.40. The maximum atomic E-state index is 13.3. The number of nitrogens with two attached hydrogens (primary N) is 1. The molecule has 0 bridgehead atoms. The largest absolute Gasteiger partial charge is 0.494 e. The molecule has 1 saturated heterocycles. The number of aromatic nitrogens is 2. The van der Waals surface area contributed by atoms with Gasteiger partial charge in [0.15, 0.2) is 0 Å². The lowest BCUT2D eigenvalue weighted by molar-refractivity contribution is -0.127. The fourth-order valence-electron chi connectivity index (χ4n) is 4.75. The van der Waals surface area contributed by atoms with E-state index < -0.39 is 12.0 Å². The fourth-order valence-corrected chi connectivity index (χ4v) is 4.83. The number of nitrogens with one attached hydrogen (secondary N) is 1. The molecule has 0 aromatic carbocycles. The Kier molecular flexibility index (Phi) is 11.9. The lowest BCUT2D eigenvalue weighted by atomic mass is 10.0. The zero-order valence-electron chi connectivity index (χ0n) is 24.6. The molecule has 1 unspecified atom stereocenters. The normalized spacial score (nSPS) is 18.0. The number of hydrazine groups is 1. The van der Waals surface area contributed by atoms with Crippen LogP contribution in [0, 0.1) is 24.7 Å². The van der Waals surface area contributed by atoms with Crippen molar-refractivity contribution >= 4 is 24.4 Å². The first-order chi connectivity index (χ1) is 19.7. The van der Waals surface area contributed by atoms with Crippen molar-refractivity contribution in [1.29, 1.82) is 0 Å². The van der Waals surface area contributed by atoms with E-state index in [2.05, 4.69) is 51.7 Å². The van der Waals surface area contributed by atoms with Gasteiger partial charge in [0.05, 0.1) is 13.3 Å². The molecule has 2 saturated carbocycles. The lowest BCUT2D eigenvalue weighted by Crippen LogP contribution is -2.59. The number of hydrogen-bond donors (Lipinski definition) is 3. The molecule has 11 heteroatoms. The molecule has 2 aromatic rings. The zero-order valence-corrected chi connectivity index (χ0v) is 25.5. The Bertz CT molecular complexity index is 1240. The minimum atomic E-state index is -2.68. The van der Waals surface area contributed by atoms with Gasteiger partial charge < -0.3 is 4.74 Å². The van der Waals surface area contributed by atoms with Gasteiger partial charge in [-0.1, -0.05) is 32.6 Å². The first-order valence-corrected chi connectivity index (χ1v) is 14.8. The summed E-state index contributed by atoms with van der Waals surface area (Å²) >= 11 is 4.02. The topological polar surface area (TPSA) is 96.6 Å². The average Bonchev–Trinajstić information content (AvgIpc) is 3.92. The number of rotatable bonds is 7. The van der Waals surface area contributed by atoms with Gasteiger partial charge in [0.2, 0.25) is 5.91 Å². The molecule has 1 spiro atoms. The molecule has 2 aliphatic carbocycles. The summed E-state index contributed by atoms with van der Waals surface area (Å²) in [5, 5.41) is -0.161. The molecule has 3 fully saturated rings. The summed E-state index contributed by atoms with van der Waals surface area (Å²) in [5.41, 5.74) is 3.76. The maximum absolute atomic E-state index is 13.3. The Morgan fingerprint density at radius 2 is 1.90 bits per heavy atom. The standard InChI is InChI=1S/C22H26F2N4O2.C6H10N2S.C2H6/c1-4-7-27-8-9-28(21(29)22(27)5-6-22)19-11-15(14(2)12-26-19)16-10-17(20(23)24)25-13-18(16)30-3;7-8-6(9)4-3-5-1-2-5;1-2/h10-13,20H,4-9H2,1-3H3;5-6,8-9H,1-2,7H2;1-2H3. The average molecular weight is 589 g/mol. The van der Waals surface area contributed by atoms with Gasteiger partial charge in [0.25, 0.3) is 6.43 Å². The second-order valence-electron chi connectivity index (χ2n) is 10.1. The third-order valence-corrected chi connectivity index (χ3v) is 7.48. The number of thiol groups is 1. The number of halogens is 2. The highest BCUT2D eigenvalue weighted by atomic mass is 32.1. The quantitative estimate of drug-likeness (QED) is 0.136. The highest BCUT2D eigenvalue weighted by molar-refractivity contribution is 7.81. The second-order valence-corrected chi connectivity index (χ2v) is 10.6. The van der Waals surface area contributed by atoms with Crippen molar-refractivity contribution in [2.75, 3.05) is 31.6 Å². The molecule has 8 nitrogen and oxygen atoms in total. The van der Waals surface area contributed by atoms with Crippen LogP contribution in [-0.4, -0.2) is 58.4 Å². The van der Waals surface area contributed by atoms with E-state index >= 15 is 0 Å². The molecule has 41 heavy (non-hydrogen) atoms. The van der Waals surface area contributed by atoms with E-state index in [0.717, 1.165) is 37.9 Å². The molecule has 224 valence electrons. The van der Waals surface area contributed by atoms with Crippen molar-refractivity contribution in [3.63, 3.8) is 0 Å². The number of pyridine rings is 2. The van der Waals surface area contributed by atoms with Crippen LogP contribution in [0.25, 0.3) is 11.1 Å². The van der Waals surface area contributed by atoms with Crippen LogP contribution >= 0.6 is 12.6 Å². The molecule has 5 rings (SSSR count). The van der Waals surface area contributed by atoms with Crippen molar-refractivity contribution in [1.82, 2.24) is 20.3 Å². The van der Waals surface area contributed by atoms with Gasteiger partial charge in [-0.25, -0.2) is 19.2 Å². The molecular weight excluding hydrogens is 546 g/mol. The van der Waals surface area contributed by atoms with Crippen LogP contribution in [0.5, 0.6) is 5.75 Å². The molecule has 1 atom stereocenters. The highest BCUT2D eigenvalue weighted by Crippen LogP contribution is 2.46. The summed E-state index contributed by atoms with van der Waals surface area (Å²) in [6.45, 7) is 10.3. The van der Waals surface area contributed by atoms with Crippen LogP contribution in [0.15, 0.2) is 24.5 Å². The molecule has 3 heterocycles. The number of piperazine rings is 1. The summed E-state index contributed by atoms with van der Waals surface area (Å²) in [5.74, 6) is 12.6. The zero-order chi connectivity index (χ0) is 30.2. The molecule has 1 amide bonds. The van der Waals surface area contributed by atoms with Crippen molar-refractivity contribution in [3.05, 3.63) is 35.8 Å². The summed E-state index contributed by atoms with van der Waals surface area (Å²) in [6.07, 6.45) is 5.56. The third-order valence-electron chi connectivity index (χ3n) is 7.21. The van der Waals surface area contributed by atoms with Crippen molar-refractivity contribution in [2.24, 2.45) is 11.8 Å². The van der Waals surface area contributed by atoms with E-state index in [-0.39, 0.29) is 17.0 Å². The van der Waals surface area contributed by atoms with Crippen LogP contribution < -0.4 is 20.9 Å². The minimum absolute atomic E-state index is 0.0828. The Morgan fingerprint density at radius 1 is 1.20 bits per heavy atom. The van der Waals surface area contributed by atoms with Gasteiger partial charge in [0, 0.05) is 30.8 Å². The summed E-state index contributed by atoms with van der Waals surface area (Å²) in [6, 6.07) is 3.14. The molecule has 2 aromatic heterocycles. The molecule has 3 N–H and O–H groups in total. The number of amides is 1. The Morgan fingerprint density at radius 3 is 2.46 bits per heavy atom. The Balaban J connectivity index is 0.000000355. The van der Waals surface area contributed by atoms with Crippen LogP contribution in [0.4, 0.5) is 14.6 Å². The number of hydrogen-bond acceptors (Lipinski definition) is 8. The number of alkyl halides is 2. The number of carbonyl (C=O) groups is 1. The number of aryl methyl sites for hydroxylation is 1. The maximum Gasteiger partial charge on any atom is 0.280 e. The van der Waals surface area contributed by atoms with Gasteiger partial charge in [-0.2, -0.15) is 0 Å². The van der Waals surface area contributed by atoms with E-state index in [0.29, 0.717) is 35.2 Å². The Labute approximate surface area is 247 Å². The number of methoxy groups -OCH3 is 1. The van der Waals surface area contributed by atoms with Gasteiger partial charge >= 0.3 is 0 Å². The van der Waals surface area contributed by atoms with Crippen molar-refractivity contribution in [2.45, 2.75) is 77.1 Å². The molecular formula is C30H42F2N6O2S. The van der Waals surface area contributed by atoms with Crippen LogP contribution in [0.3, 0.4) is 0 Å². The van der Waals surface area contributed by atoms with Gasteiger partial charge in [0.1, 0.15) is 28.2 Å². The van der Waals surface area contributed by atoms with Crippen LogP contribution in [-0.2, 0) is 4.79 Å². The predicted octanol–water partition coefficient (Wildman–Crippen LogP) is 5.13. The van der Waals surface area contributed by atoms with Crippen LogP contribution in [0.2, 0.25) is 0 Å². The summed E-state index contributed by atoms with van der Waals surface area (Å²) in [7, 11) is 1.48. The third kappa shape index (κ3) is 7.95.